The zero-order valence-electron chi connectivity index (χ0n) is 24.1. The summed E-state index contributed by atoms with van der Waals surface area (Å²) in [6, 6.07) is 29.8. The smallest absolute Gasteiger partial charge is 0.411 e. The summed E-state index contributed by atoms with van der Waals surface area (Å²) in [6.07, 6.45) is -0.598. The molecule has 7 nitrogen and oxygen atoms in total. The molecule has 0 spiro atoms. The van der Waals surface area contributed by atoms with Gasteiger partial charge in [0.25, 0.3) is 0 Å². The molecule has 0 radical (unpaired) electrons. The molecule has 42 heavy (non-hydrogen) atoms. The fourth-order valence-corrected chi connectivity index (χ4v) is 5.50. The number of benzene rings is 4. The molecule has 0 saturated carbocycles. The van der Waals surface area contributed by atoms with E-state index in [9.17, 15) is 9.59 Å². The third-order valence-corrected chi connectivity index (χ3v) is 7.45. The van der Waals surface area contributed by atoms with Gasteiger partial charge in [0.2, 0.25) is 0 Å². The Hall–Kier alpha value is -4.78. The highest BCUT2D eigenvalue weighted by molar-refractivity contribution is 6.09. The van der Waals surface area contributed by atoms with Crippen molar-refractivity contribution in [3.63, 3.8) is 0 Å². The largest absolute Gasteiger partial charge is 0.488 e. The number of para-hydroxylation sites is 2. The SMILES string of the molecule is COC(=O)[C@@H]1CC(Oc2ccc(-c3ccc(-c4cccc5c4oc4ccccc45)cc3)cc2)CN1C(=O)OC(C)(C)C. The van der Waals surface area contributed by atoms with Gasteiger partial charge in [0, 0.05) is 22.8 Å². The molecule has 1 aliphatic rings. The first kappa shape index (κ1) is 27.4. The monoisotopic (exact) mass is 563 g/mol. The Bertz CT molecular complexity index is 1750. The topological polar surface area (TPSA) is 78.2 Å². The first-order valence-electron chi connectivity index (χ1n) is 14.1. The Morgan fingerprint density at radius 3 is 2.14 bits per heavy atom. The van der Waals surface area contributed by atoms with Crippen molar-refractivity contribution in [2.24, 2.45) is 0 Å². The lowest BCUT2D eigenvalue weighted by Crippen LogP contribution is -2.44. The van der Waals surface area contributed by atoms with Crippen LogP contribution in [0, 0.1) is 0 Å². The number of carbonyl (C=O) groups excluding carboxylic acids is 2. The number of hydrogen-bond acceptors (Lipinski definition) is 6. The maximum absolute atomic E-state index is 12.7. The number of hydrogen-bond donors (Lipinski definition) is 0. The van der Waals surface area contributed by atoms with Crippen molar-refractivity contribution in [3.05, 3.63) is 91.0 Å². The molecule has 0 N–H and O–H groups in total. The number of rotatable bonds is 5. The molecule has 7 heteroatoms. The summed E-state index contributed by atoms with van der Waals surface area (Å²) >= 11 is 0. The summed E-state index contributed by atoms with van der Waals surface area (Å²) in [6.45, 7) is 5.60. The number of amides is 1. The van der Waals surface area contributed by atoms with Gasteiger partial charge < -0.3 is 18.6 Å². The number of ether oxygens (including phenoxy) is 3. The van der Waals surface area contributed by atoms with Crippen LogP contribution < -0.4 is 4.74 Å². The van der Waals surface area contributed by atoms with Crippen LogP contribution >= 0.6 is 0 Å². The fraction of sp³-hybridized carbons (Fsp3) is 0.257. The molecule has 4 aromatic carbocycles. The minimum Gasteiger partial charge on any atom is -0.488 e. The van der Waals surface area contributed by atoms with Crippen LogP contribution in [-0.4, -0.2) is 48.4 Å². The van der Waals surface area contributed by atoms with Gasteiger partial charge in [0.1, 0.15) is 34.7 Å². The fourth-order valence-electron chi connectivity index (χ4n) is 5.50. The molecule has 2 atom stereocenters. The first-order chi connectivity index (χ1) is 20.2. The molecule has 1 aromatic heterocycles. The second-order valence-electron chi connectivity index (χ2n) is 11.5. The predicted octanol–water partition coefficient (Wildman–Crippen LogP) is 7.85. The summed E-state index contributed by atoms with van der Waals surface area (Å²) in [7, 11) is 1.31. The Labute approximate surface area is 244 Å². The van der Waals surface area contributed by atoms with E-state index in [1.54, 1.807) is 20.8 Å². The molecule has 1 saturated heterocycles. The van der Waals surface area contributed by atoms with Crippen molar-refractivity contribution >= 4 is 34.0 Å². The van der Waals surface area contributed by atoms with Crippen LogP contribution in [0.5, 0.6) is 5.75 Å². The normalized spacial score (nSPS) is 17.0. The highest BCUT2D eigenvalue weighted by Gasteiger charge is 2.43. The number of nitrogens with zero attached hydrogens (tertiary/aromatic N) is 1. The highest BCUT2D eigenvalue weighted by Crippen LogP contribution is 2.36. The van der Waals surface area contributed by atoms with Gasteiger partial charge in [-0.1, -0.05) is 72.8 Å². The third kappa shape index (κ3) is 5.42. The number of furan rings is 1. The van der Waals surface area contributed by atoms with E-state index in [0.29, 0.717) is 12.2 Å². The lowest BCUT2D eigenvalue weighted by atomic mass is 9.99. The third-order valence-electron chi connectivity index (χ3n) is 7.45. The minimum absolute atomic E-state index is 0.232. The van der Waals surface area contributed by atoms with Crippen molar-refractivity contribution in [1.29, 1.82) is 0 Å². The van der Waals surface area contributed by atoms with Crippen molar-refractivity contribution in [2.45, 2.75) is 44.9 Å². The Balaban J connectivity index is 1.16. The number of likely N-dealkylation sites (tertiary alicyclic amines) is 1. The van der Waals surface area contributed by atoms with Crippen molar-refractivity contribution in [3.8, 4) is 28.0 Å². The van der Waals surface area contributed by atoms with Crippen molar-refractivity contribution < 1.29 is 28.2 Å². The molecule has 1 aliphatic heterocycles. The van der Waals surface area contributed by atoms with Crippen LogP contribution in [0.2, 0.25) is 0 Å². The lowest BCUT2D eigenvalue weighted by Gasteiger charge is -2.27. The summed E-state index contributed by atoms with van der Waals surface area (Å²) in [5, 5.41) is 2.22. The molecular weight excluding hydrogens is 530 g/mol. The molecule has 1 unspecified atom stereocenters. The van der Waals surface area contributed by atoms with Gasteiger partial charge in [-0.2, -0.15) is 0 Å². The molecule has 2 heterocycles. The molecular formula is C35H33NO6. The van der Waals surface area contributed by atoms with Crippen LogP contribution in [0.25, 0.3) is 44.2 Å². The molecule has 6 rings (SSSR count). The van der Waals surface area contributed by atoms with Crippen LogP contribution in [0.15, 0.2) is 95.4 Å². The highest BCUT2D eigenvalue weighted by atomic mass is 16.6. The summed E-state index contributed by atoms with van der Waals surface area (Å²) in [5.74, 6) is 0.175. The van der Waals surface area contributed by atoms with Crippen molar-refractivity contribution in [1.82, 2.24) is 4.90 Å². The number of esters is 1. The van der Waals surface area contributed by atoms with E-state index >= 15 is 0 Å². The zero-order chi connectivity index (χ0) is 29.4. The van der Waals surface area contributed by atoms with E-state index in [1.165, 1.54) is 12.0 Å². The molecule has 5 aromatic rings. The van der Waals surface area contributed by atoms with Crippen molar-refractivity contribution in [2.75, 3.05) is 13.7 Å². The average molecular weight is 564 g/mol. The second kappa shape index (κ2) is 10.9. The van der Waals surface area contributed by atoms with E-state index in [0.717, 1.165) is 44.2 Å². The summed E-state index contributed by atoms with van der Waals surface area (Å²) in [5.41, 5.74) is 5.36. The standard InChI is InChI=1S/C35H33NO6/c1-35(2,3)42-34(38)36-21-26(20-30(36)33(37)39-4)40-25-18-16-23(17-19-25)22-12-14-24(15-13-22)27-9-7-10-29-28-8-5-6-11-31(28)41-32(27)29/h5-19,26,30H,20-21H2,1-4H3/t26?,30-/m0/s1. The van der Waals surface area contributed by atoms with Crippen LogP contribution in [0.3, 0.4) is 0 Å². The molecule has 0 bridgehead atoms. The van der Waals surface area contributed by atoms with Crippen LogP contribution in [-0.2, 0) is 14.3 Å². The van der Waals surface area contributed by atoms with Gasteiger partial charge in [-0.25, -0.2) is 9.59 Å². The molecule has 214 valence electrons. The number of fused-ring (bicyclic) bond motifs is 3. The summed E-state index contributed by atoms with van der Waals surface area (Å²) < 4.78 is 22.8. The summed E-state index contributed by atoms with van der Waals surface area (Å²) in [4.78, 5) is 26.5. The molecule has 1 fully saturated rings. The minimum atomic E-state index is -0.752. The number of methoxy groups -OCH3 is 1. The van der Waals surface area contributed by atoms with Crippen LogP contribution in [0.1, 0.15) is 27.2 Å². The van der Waals surface area contributed by atoms with E-state index in [2.05, 4.69) is 48.5 Å². The lowest BCUT2D eigenvalue weighted by molar-refractivity contribution is -0.145. The first-order valence-corrected chi connectivity index (χ1v) is 14.1. The second-order valence-corrected chi connectivity index (χ2v) is 11.5. The van der Waals surface area contributed by atoms with E-state index in [-0.39, 0.29) is 12.6 Å². The Morgan fingerprint density at radius 2 is 1.45 bits per heavy atom. The molecule has 0 aliphatic carbocycles. The predicted molar refractivity (Wildman–Crippen MR) is 162 cm³/mol. The van der Waals surface area contributed by atoms with Gasteiger partial charge >= 0.3 is 12.1 Å². The number of carbonyl (C=O) groups is 2. The van der Waals surface area contributed by atoms with E-state index < -0.39 is 23.7 Å². The quantitative estimate of drug-likeness (QED) is 0.203. The maximum Gasteiger partial charge on any atom is 0.411 e. The Kier molecular flexibility index (Phi) is 7.11. The zero-order valence-corrected chi connectivity index (χ0v) is 24.1. The van der Waals surface area contributed by atoms with E-state index in [1.807, 2.05) is 42.5 Å². The maximum atomic E-state index is 12.7. The van der Waals surface area contributed by atoms with E-state index in [4.69, 9.17) is 18.6 Å². The van der Waals surface area contributed by atoms with Gasteiger partial charge in [0.15, 0.2) is 0 Å². The van der Waals surface area contributed by atoms with Gasteiger partial charge in [0.05, 0.1) is 13.7 Å². The van der Waals surface area contributed by atoms with Gasteiger partial charge in [-0.05, 0) is 55.7 Å². The Morgan fingerprint density at radius 1 is 0.810 bits per heavy atom. The molecule has 1 amide bonds. The average Bonchev–Trinajstić information content (AvgIpc) is 3.58. The van der Waals surface area contributed by atoms with Gasteiger partial charge in [-0.15, -0.1) is 0 Å². The van der Waals surface area contributed by atoms with Crippen LogP contribution in [0.4, 0.5) is 4.79 Å². The van der Waals surface area contributed by atoms with Gasteiger partial charge in [-0.3, -0.25) is 4.90 Å².